The van der Waals surface area contributed by atoms with Gasteiger partial charge in [-0.1, -0.05) is 44.2 Å². The molecule has 0 spiro atoms. The minimum absolute atomic E-state index is 0.250. The lowest BCUT2D eigenvalue weighted by atomic mass is 9.96. The number of hydrogen-bond acceptors (Lipinski definition) is 2. The number of carboxylic acid groups (broad SMARTS) is 1. The molecule has 0 fully saturated rings. The summed E-state index contributed by atoms with van der Waals surface area (Å²) in [6.45, 7) is 3.81. The number of phenolic OH excluding ortho intramolecular Hbond substituents is 1. The van der Waals surface area contributed by atoms with E-state index in [-0.39, 0.29) is 24.0 Å². The van der Waals surface area contributed by atoms with Gasteiger partial charge in [-0.3, -0.25) is 4.79 Å². The molecule has 0 saturated heterocycles. The topological polar surface area (TPSA) is 57.5 Å². The standard InChI is InChI=1S/C15H15FO.CH2O2/c1-10(2)13-4-3-5-14(15(13)17)11-6-8-12(16)9-7-11;2-1-3/h3-10,17H,1-2H3;1H,(H,2,3). The summed E-state index contributed by atoms with van der Waals surface area (Å²) in [5.41, 5.74) is 2.48. The van der Waals surface area contributed by atoms with Gasteiger partial charge in [0.2, 0.25) is 0 Å². The van der Waals surface area contributed by atoms with Gasteiger partial charge in [0.1, 0.15) is 11.6 Å². The van der Waals surface area contributed by atoms with Crippen molar-refractivity contribution < 1.29 is 19.4 Å². The number of carbonyl (C=O) groups is 1. The van der Waals surface area contributed by atoms with Gasteiger partial charge in [0.25, 0.3) is 6.47 Å². The fourth-order valence-electron chi connectivity index (χ4n) is 1.89. The monoisotopic (exact) mass is 276 g/mol. The van der Waals surface area contributed by atoms with E-state index in [2.05, 4.69) is 0 Å². The average Bonchev–Trinajstić information content (AvgIpc) is 2.41. The fraction of sp³-hybridized carbons (Fsp3) is 0.188. The molecular formula is C16H17FO3. The summed E-state index contributed by atoms with van der Waals surface area (Å²) >= 11 is 0. The van der Waals surface area contributed by atoms with Crippen LogP contribution in [0.5, 0.6) is 5.75 Å². The van der Waals surface area contributed by atoms with E-state index < -0.39 is 0 Å². The molecule has 20 heavy (non-hydrogen) atoms. The Balaban J connectivity index is 0.000000612. The molecule has 0 amide bonds. The molecule has 3 nitrogen and oxygen atoms in total. The summed E-state index contributed by atoms with van der Waals surface area (Å²) in [5.74, 6) is 0.276. The summed E-state index contributed by atoms with van der Waals surface area (Å²) in [4.78, 5) is 8.36. The minimum atomic E-state index is -0.270. The summed E-state index contributed by atoms with van der Waals surface area (Å²) < 4.78 is 12.8. The Kier molecular flexibility index (Phi) is 5.72. The normalized spacial score (nSPS) is 9.80. The predicted octanol–water partition coefficient (Wildman–Crippen LogP) is 4.02. The van der Waals surface area contributed by atoms with E-state index in [1.54, 1.807) is 12.1 Å². The van der Waals surface area contributed by atoms with Crippen LogP contribution in [0.25, 0.3) is 11.1 Å². The Bertz CT molecular complexity index is 562. The summed E-state index contributed by atoms with van der Waals surface area (Å²) in [6, 6.07) is 11.8. The van der Waals surface area contributed by atoms with Crippen LogP contribution in [0, 0.1) is 5.82 Å². The molecule has 2 aromatic rings. The molecule has 0 atom stereocenters. The lowest BCUT2D eigenvalue weighted by Crippen LogP contribution is -1.90. The van der Waals surface area contributed by atoms with Crippen molar-refractivity contribution in [1.29, 1.82) is 0 Å². The van der Waals surface area contributed by atoms with E-state index in [9.17, 15) is 9.50 Å². The van der Waals surface area contributed by atoms with E-state index in [1.165, 1.54) is 12.1 Å². The molecule has 0 aliphatic heterocycles. The first-order valence-electron chi connectivity index (χ1n) is 6.17. The first kappa shape index (κ1) is 15.7. The van der Waals surface area contributed by atoms with Crippen molar-refractivity contribution in [3.05, 3.63) is 53.8 Å². The van der Waals surface area contributed by atoms with Crippen molar-refractivity contribution in [3.63, 3.8) is 0 Å². The van der Waals surface area contributed by atoms with Crippen molar-refractivity contribution in [1.82, 2.24) is 0 Å². The first-order valence-corrected chi connectivity index (χ1v) is 6.17. The highest BCUT2D eigenvalue weighted by atomic mass is 19.1. The fourth-order valence-corrected chi connectivity index (χ4v) is 1.89. The van der Waals surface area contributed by atoms with E-state index in [0.717, 1.165) is 16.7 Å². The van der Waals surface area contributed by atoms with Crippen LogP contribution in [-0.4, -0.2) is 16.7 Å². The van der Waals surface area contributed by atoms with Gasteiger partial charge in [0.05, 0.1) is 0 Å². The zero-order chi connectivity index (χ0) is 15.1. The van der Waals surface area contributed by atoms with E-state index >= 15 is 0 Å². The smallest absolute Gasteiger partial charge is 0.290 e. The second-order valence-corrected chi connectivity index (χ2v) is 4.51. The summed E-state index contributed by atoms with van der Waals surface area (Å²) in [6.07, 6.45) is 0. The highest BCUT2D eigenvalue weighted by Gasteiger charge is 2.11. The Morgan fingerprint density at radius 3 is 2.15 bits per heavy atom. The minimum Gasteiger partial charge on any atom is -0.507 e. The van der Waals surface area contributed by atoms with Crippen LogP contribution in [0.3, 0.4) is 0 Å². The average molecular weight is 276 g/mol. The molecular weight excluding hydrogens is 259 g/mol. The Labute approximate surface area is 117 Å². The van der Waals surface area contributed by atoms with Gasteiger partial charge in [0.15, 0.2) is 0 Å². The third-order valence-electron chi connectivity index (χ3n) is 2.84. The molecule has 0 heterocycles. The number of aromatic hydroxyl groups is 1. The molecule has 0 unspecified atom stereocenters. The largest absolute Gasteiger partial charge is 0.507 e. The molecule has 0 aliphatic rings. The molecule has 4 heteroatoms. The molecule has 106 valence electrons. The number of para-hydroxylation sites is 1. The van der Waals surface area contributed by atoms with Crippen LogP contribution in [0.15, 0.2) is 42.5 Å². The Morgan fingerprint density at radius 2 is 1.65 bits per heavy atom. The van der Waals surface area contributed by atoms with Crippen LogP contribution < -0.4 is 0 Å². The first-order chi connectivity index (χ1) is 9.51. The highest BCUT2D eigenvalue weighted by molar-refractivity contribution is 5.71. The number of halogens is 1. The van der Waals surface area contributed by atoms with Gasteiger partial charge in [-0.15, -0.1) is 0 Å². The van der Waals surface area contributed by atoms with Crippen LogP contribution in [0.1, 0.15) is 25.3 Å². The van der Waals surface area contributed by atoms with Gasteiger partial charge in [-0.25, -0.2) is 4.39 Å². The lowest BCUT2D eigenvalue weighted by Gasteiger charge is -2.12. The van der Waals surface area contributed by atoms with Crippen molar-refractivity contribution >= 4 is 6.47 Å². The molecule has 2 N–H and O–H groups in total. The zero-order valence-electron chi connectivity index (χ0n) is 11.4. The maximum atomic E-state index is 12.8. The second-order valence-electron chi connectivity index (χ2n) is 4.51. The predicted molar refractivity (Wildman–Crippen MR) is 76.3 cm³/mol. The maximum absolute atomic E-state index is 12.8. The highest BCUT2D eigenvalue weighted by Crippen LogP contribution is 2.35. The lowest BCUT2D eigenvalue weighted by molar-refractivity contribution is -0.122. The molecule has 0 aromatic heterocycles. The summed E-state index contributed by atoms with van der Waals surface area (Å²) in [5, 5.41) is 17.1. The maximum Gasteiger partial charge on any atom is 0.290 e. The van der Waals surface area contributed by atoms with Gasteiger partial charge in [-0.2, -0.15) is 0 Å². The van der Waals surface area contributed by atoms with Gasteiger partial charge in [-0.05, 0) is 29.2 Å². The number of phenols is 1. The SMILES string of the molecule is CC(C)c1cccc(-c2ccc(F)cc2)c1O.O=CO. The van der Waals surface area contributed by atoms with Gasteiger partial charge < -0.3 is 10.2 Å². The van der Waals surface area contributed by atoms with Crippen molar-refractivity contribution in [2.24, 2.45) is 0 Å². The summed E-state index contributed by atoms with van der Waals surface area (Å²) in [7, 11) is 0. The molecule has 0 aliphatic carbocycles. The van der Waals surface area contributed by atoms with Crippen LogP contribution in [0.4, 0.5) is 4.39 Å². The second kappa shape index (κ2) is 7.28. The van der Waals surface area contributed by atoms with Crippen LogP contribution in [0.2, 0.25) is 0 Å². The van der Waals surface area contributed by atoms with Gasteiger partial charge in [0, 0.05) is 5.56 Å². The number of rotatable bonds is 2. The third kappa shape index (κ3) is 3.82. The zero-order valence-corrected chi connectivity index (χ0v) is 11.4. The third-order valence-corrected chi connectivity index (χ3v) is 2.84. The van der Waals surface area contributed by atoms with E-state index in [0.29, 0.717) is 0 Å². The van der Waals surface area contributed by atoms with Crippen molar-refractivity contribution in [3.8, 4) is 16.9 Å². The Morgan fingerprint density at radius 1 is 1.10 bits per heavy atom. The molecule has 0 radical (unpaired) electrons. The molecule has 2 aromatic carbocycles. The van der Waals surface area contributed by atoms with Gasteiger partial charge >= 0.3 is 0 Å². The van der Waals surface area contributed by atoms with Crippen molar-refractivity contribution in [2.75, 3.05) is 0 Å². The van der Waals surface area contributed by atoms with E-state index in [4.69, 9.17) is 9.90 Å². The molecule has 2 rings (SSSR count). The van der Waals surface area contributed by atoms with Crippen LogP contribution >= 0.6 is 0 Å². The number of benzene rings is 2. The van der Waals surface area contributed by atoms with Crippen molar-refractivity contribution in [2.45, 2.75) is 19.8 Å². The number of hydrogen-bond donors (Lipinski definition) is 2. The quantitative estimate of drug-likeness (QED) is 0.814. The molecule has 0 saturated carbocycles. The molecule has 0 bridgehead atoms. The Hall–Kier alpha value is -2.36. The van der Waals surface area contributed by atoms with Crippen LogP contribution in [-0.2, 0) is 4.79 Å². The van der Waals surface area contributed by atoms with E-state index in [1.807, 2.05) is 32.0 Å².